The van der Waals surface area contributed by atoms with Crippen LogP contribution in [0.15, 0.2) is 66.9 Å². The third kappa shape index (κ3) is 2.62. The molecule has 0 radical (unpaired) electrons. The number of phenolic OH excluding ortho intramolecular Hbond substituents is 1. The first-order valence-corrected chi connectivity index (χ1v) is 8.24. The largest absolute Gasteiger partial charge is 0.507 e. The fourth-order valence-electron chi connectivity index (χ4n) is 3.03. The second kappa shape index (κ2) is 5.98. The van der Waals surface area contributed by atoms with E-state index in [0.29, 0.717) is 5.56 Å². The molecule has 4 nitrogen and oxygen atoms in total. The van der Waals surface area contributed by atoms with Crippen LogP contribution >= 0.6 is 0 Å². The van der Waals surface area contributed by atoms with Gasteiger partial charge < -0.3 is 10.4 Å². The number of anilines is 2. The summed E-state index contributed by atoms with van der Waals surface area (Å²) in [7, 11) is 0. The molecule has 0 aliphatic heterocycles. The van der Waals surface area contributed by atoms with E-state index in [0.717, 1.165) is 34.0 Å². The molecule has 0 amide bonds. The summed E-state index contributed by atoms with van der Waals surface area (Å²) in [5, 5.41) is 13.8. The van der Waals surface area contributed by atoms with E-state index in [1.165, 1.54) is 0 Å². The highest BCUT2D eigenvalue weighted by atomic mass is 16.3. The zero-order valence-corrected chi connectivity index (χ0v) is 14.2. The molecule has 4 aromatic rings. The number of pyridine rings is 1. The van der Waals surface area contributed by atoms with Gasteiger partial charge in [0.2, 0.25) is 0 Å². The lowest BCUT2D eigenvalue weighted by Gasteiger charge is -2.12. The van der Waals surface area contributed by atoms with Crippen LogP contribution in [0.1, 0.15) is 11.1 Å². The van der Waals surface area contributed by atoms with Crippen LogP contribution in [0.25, 0.3) is 16.9 Å². The van der Waals surface area contributed by atoms with Crippen LogP contribution in [0.2, 0.25) is 0 Å². The lowest BCUT2D eigenvalue weighted by atomic mass is 10.1. The Morgan fingerprint density at radius 1 is 0.880 bits per heavy atom. The maximum atomic E-state index is 10.3. The van der Waals surface area contributed by atoms with Crippen LogP contribution < -0.4 is 5.32 Å². The molecule has 2 heterocycles. The van der Waals surface area contributed by atoms with Gasteiger partial charge >= 0.3 is 0 Å². The van der Waals surface area contributed by atoms with E-state index in [4.69, 9.17) is 4.98 Å². The third-order valence-corrected chi connectivity index (χ3v) is 4.40. The number of rotatable bonds is 3. The summed E-state index contributed by atoms with van der Waals surface area (Å²) in [6.45, 7) is 4.10. The average Bonchev–Trinajstić information content (AvgIpc) is 2.97. The van der Waals surface area contributed by atoms with E-state index in [9.17, 15) is 5.11 Å². The SMILES string of the molecule is Cc1ccccc1Nc1c(-c2ccccc2O)nc2c(C)cccn12. The van der Waals surface area contributed by atoms with Gasteiger partial charge in [0.25, 0.3) is 0 Å². The molecule has 2 aromatic carbocycles. The molecule has 0 saturated carbocycles. The van der Waals surface area contributed by atoms with Gasteiger partial charge in [-0.15, -0.1) is 0 Å². The van der Waals surface area contributed by atoms with Crippen molar-refractivity contribution in [1.29, 1.82) is 0 Å². The summed E-state index contributed by atoms with van der Waals surface area (Å²) in [6, 6.07) is 19.5. The molecule has 0 bridgehead atoms. The fourth-order valence-corrected chi connectivity index (χ4v) is 3.03. The Balaban J connectivity index is 1.98. The summed E-state index contributed by atoms with van der Waals surface area (Å²) in [4.78, 5) is 4.81. The van der Waals surface area contributed by atoms with Crippen LogP contribution in [0.5, 0.6) is 5.75 Å². The maximum absolute atomic E-state index is 10.3. The number of hydrogen-bond acceptors (Lipinski definition) is 3. The minimum absolute atomic E-state index is 0.219. The van der Waals surface area contributed by atoms with Gasteiger partial charge in [0.1, 0.15) is 22.9 Å². The Kier molecular flexibility index (Phi) is 3.65. The lowest BCUT2D eigenvalue weighted by Crippen LogP contribution is -1.99. The normalized spacial score (nSPS) is 11.0. The predicted octanol–water partition coefficient (Wildman–Crippen LogP) is 5.07. The molecule has 0 aliphatic rings. The summed E-state index contributed by atoms with van der Waals surface area (Å²) in [6.07, 6.45) is 1.99. The van der Waals surface area contributed by atoms with Crippen molar-refractivity contribution in [2.24, 2.45) is 0 Å². The van der Waals surface area contributed by atoms with Crippen LogP contribution in [-0.2, 0) is 0 Å². The van der Waals surface area contributed by atoms with Crippen molar-refractivity contribution in [3.05, 3.63) is 78.0 Å². The molecule has 0 spiro atoms. The number of nitrogens with one attached hydrogen (secondary N) is 1. The average molecular weight is 329 g/mol. The van der Waals surface area contributed by atoms with E-state index in [1.54, 1.807) is 6.07 Å². The number of aromatic nitrogens is 2. The van der Waals surface area contributed by atoms with Crippen LogP contribution in [0.3, 0.4) is 0 Å². The number of para-hydroxylation sites is 2. The number of hydrogen-bond donors (Lipinski definition) is 2. The first kappa shape index (κ1) is 15.3. The highest BCUT2D eigenvalue weighted by molar-refractivity contribution is 5.83. The smallest absolute Gasteiger partial charge is 0.143 e. The summed E-state index contributed by atoms with van der Waals surface area (Å²) in [5.74, 6) is 1.06. The maximum Gasteiger partial charge on any atom is 0.143 e. The highest BCUT2D eigenvalue weighted by Crippen LogP contribution is 2.36. The molecule has 124 valence electrons. The standard InChI is InChI=1S/C21H19N3O/c1-14-8-3-5-11-17(14)22-21-19(16-10-4-6-12-18(16)25)23-20-15(2)9-7-13-24(20)21/h3-13,22,25H,1-2H3. The topological polar surface area (TPSA) is 49.6 Å². The van der Waals surface area contributed by atoms with Gasteiger partial charge in [-0.25, -0.2) is 4.98 Å². The summed E-state index contributed by atoms with van der Waals surface area (Å²) >= 11 is 0. The molecular formula is C21H19N3O. The van der Waals surface area contributed by atoms with E-state index in [1.807, 2.05) is 66.1 Å². The quantitative estimate of drug-likeness (QED) is 0.552. The summed E-state index contributed by atoms with van der Waals surface area (Å²) < 4.78 is 2.03. The summed E-state index contributed by atoms with van der Waals surface area (Å²) in [5.41, 5.74) is 5.56. The zero-order chi connectivity index (χ0) is 17.4. The third-order valence-electron chi connectivity index (χ3n) is 4.40. The van der Waals surface area contributed by atoms with E-state index >= 15 is 0 Å². The van der Waals surface area contributed by atoms with Gasteiger partial charge in [0, 0.05) is 17.4 Å². The van der Waals surface area contributed by atoms with Crippen LogP contribution in [0, 0.1) is 13.8 Å². The van der Waals surface area contributed by atoms with Gasteiger partial charge in [-0.2, -0.15) is 0 Å². The number of benzene rings is 2. The number of fused-ring (bicyclic) bond motifs is 1. The first-order valence-electron chi connectivity index (χ1n) is 8.24. The van der Waals surface area contributed by atoms with Crippen molar-refractivity contribution in [2.45, 2.75) is 13.8 Å². The fraction of sp³-hybridized carbons (Fsp3) is 0.0952. The minimum atomic E-state index is 0.219. The second-order valence-corrected chi connectivity index (χ2v) is 6.15. The van der Waals surface area contributed by atoms with Gasteiger partial charge in [0.15, 0.2) is 0 Å². The Morgan fingerprint density at radius 3 is 2.40 bits per heavy atom. The van der Waals surface area contributed by atoms with Crippen molar-refractivity contribution in [2.75, 3.05) is 5.32 Å². The second-order valence-electron chi connectivity index (χ2n) is 6.15. The number of phenols is 1. The van der Waals surface area contributed by atoms with Gasteiger partial charge in [-0.05, 0) is 49.2 Å². The van der Waals surface area contributed by atoms with Crippen molar-refractivity contribution >= 4 is 17.2 Å². The molecule has 0 saturated heterocycles. The van der Waals surface area contributed by atoms with Gasteiger partial charge in [-0.1, -0.05) is 36.4 Å². The predicted molar refractivity (Wildman–Crippen MR) is 101 cm³/mol. The van der Waals surface area contributed by atoms with Crippen molar-refractivity contribution < 1.29 is 5.11 Å². The Hall–Kier alpha value is -3.27. The first-order chi connectivity index (χ1) is 12.1. The Bertz CT molecular complexity index is 1070. The number of aromatic hydroxyl groups is 1. The molecule has 4 rings (SSSR count). The number of nitrogens with zero attached hydrogens (tertiary/aromatic N) is 2. The molecule has 2 aromatic heterocycles. The molecule has 0 aliphatic carbocycles. The Labute approximate surface area is 146 Å². The molecule has 25 heavy (non-hydrogen) atoms. The number of imidazole rings is 1. The molecule has 4 heteroatoms. The molecule has 0 atom stereocenters. The molecular weight excluding hydrogens is 310 g/mol. The van der Waals surface area contributed by atoms with Crippen LogP contribution in [0.4, 0.5) is 11.5 Å². The van der Waals surface area contributed by atoms with E-state index in [-0.39, 0.29) is 5.75 Å². The monoisotopic (exact) mass is 329 g/mol. The van der Waals surface area contributed by atoms with Crippen molar-refractivity contribution in [3.63, 3.8) is 0 Å². The van der Waals surface area contributed by atoms with Gasteiger partial charge in [0.05, 0.1) is 0 Å². The van der Waals surface area contributed by atoms with E-state index < -0.39 is 0 Å². The van der Waals surface area contributed by atoms with E-state index in [2.05, 4.69) is 18.3 Å². The van der Waals surface area contributed by atoms with Gasteiger partial charge in [-0.3, -0.25) is 4.40 Å². The molecule has 0 fully saturated rings. The van der Waals surface area contributed by atoms with Crippen molar-refractivity contribution in [3.8, 4) is 17.0 Å². The Morgan fingerprint density at radius 2 is 1.60 bits per heavy atom. The molecule has 0 unspecified atom stereocenters. The van der Waals surface area contributed by atoms with Crippen molar-refractivity contribution in [1.82, 2.24) is 9.38 Å². The highest BCUT2D eigenvalue weighted by Gasteiger charge is 2.18. The zero-order valence-electron chi connectivity index (χ0n) is 14.2. The minimum Gasteiger partial charge on any atom is -0.507 e. The lowest BCUT2D eigenvalue weighted by molar-refractivity contribution is 0.477. The van der Waals surface area contributed by atoms with Crippen LogP contribution in [-0.4, -0.2) is 14.5 Å². The molecule has 2 N–H and O–H groups in total. The number of aryl methyl sites for hydroxylation is 2.